The molecule has 14 heavy (non-hydrogen) atoms. The molecule has 76 valence electrons. The molecule has 1 aromatic heterocycles. The molecule has 0 aliphatic heterocycles. The molecule has 1 aliphatic rings. The van der Waals surface area contributed by atoms with Crippen LogP contribution in [-0.2, 0) is 13.0 Å². The summed E-state index contributed by atoms with van der Waals surface area (Å²) in [5, 5.41) is 0. The summed E-state index contributed by atoms with van der Waals surface area (Å²) in [5.41, 5.74) is 0.161. The van der Waals surface area contributed by atoms with Gasteiger partial charge >= 0.3 is 5.69 Å². The lowest BCUT2D eigenvalue weighted by atomic mass is 10.2. The lowest BCUT2D eigenvalue weighted by Gasteiger charge is -2.04. The van der Waals surface area contributed by atoms with Crippen LogP contribution in [0.5, 0.6) is 0 Å². The SMILES string of the molecule is CCc1cn(CC2CC2)c(=O)[nH]c1=O. The molecule has 0 saturated heterocycles. The van der Waals surface area contributed by atoms with Gasteiger partial charge in [-0.2, -0.15) is 0 Å². The van der Waals surface area contributed by atoms with Gasteiger partial charge in [-0.1, -0.05) is 6.92 Å². The third kappa shape index (κ3) is 1.78. The third-order valence-electron chi connectivity index (χ3n) is 2.62. The largest absolute Gasteiger partial charge is 0.328 e. The van der Waals surface area contributed by atoms with Gasteiger partial charge in [0.1, 0.15) is 0 Å². The Morgan fingerprint density at radius 1 is 1.50 bits per heavy atom. The van der Waals surface area contributed by atoms with Crippen molar-refractivity contribution in [3.63, 3.8) is 0 Å². The summed E-state index contributed by atoms with van der Waals surface area (Å²) in [6, 6.07) is 0. The van der Waals surface area contributed by atoms with Gasteiger partial charge in [0, 0.05) is 18.3 Å². The topological polar surface area (TPSA) is 54.9 Å². The lowest BCUT2D eigenvalue weighted by molar-refractivity contribution is 0.584. The van der Waals surface area contributed by atoms with E-state index in [-0.39, 0.29) is 11.2 Å². The minimum atomic E-state index is -0.279. The van der Waals surface area contributed by atoms with E-state index in [1.807, 2.05) is 6.92 Å². The van der Waals surface area contributed by atoms with Gasteiger partial charge in [0.05, 0.1) is 0 Å². The van der Waals surface area contributed by atoms with E-state index >= 15 is 0 Å². The highest BCUT2D eigenvalue weighted by Gasteiger charge is 2.22. The molecule has 0 amide bonds. The highest BCUT2D eigenvalue weighted by molar-refractivity contribution is 5.04. The first-order valence-corrected chi connectivity index (χ1v) is 5.03. The van der Waals surface area contributed by atoms with Crippen molar-refractivity contribution in [2.24, 2.45) is 5.92 Å². The Balaban J connectivity index is 2.37. The Labute approximate surface area is 81.6 Å². The minimum absolute atomic E-state index is 0.246. The zero-order valence-electron chi connectivity index (χ0n) is 8.25. The maximum atomic E-state index is 11.4. The summed E-state index contributed by atoms with van der Waals surface area (Å²) in [4.78, 5) is 25.0. The van der Waals surface area contributed by atoms with E-state index in [1.165, 1.54) is 12.8 Å². The van der Waals surface area contributed by atoms with Gasteiger partial charge in [-0.3, -0.25) is 9.78 Å². The van der Waals surface area contributed by atoms with E-state index in [1.54, 1.807) is 10.8 Å². The van der Waals surface area contributed by atoms with Crippen molar-refractivity contribution in [3.8, 4) is 0 Å². The first kappa shape index (κ1) is 9.24. The predicted octanol–water partition coefficient (Wildman–Crippen LogP) is 0.509. The summed E-state index contributed by atoms with van der Waals surface area (Å²) in [6.07, 6.45) is 4.76. The number of hydrogen-bond acceptors (Lipinski definition) is 2. The van der Waals surface area contributed by atoms with Crippen molar-refractivity contribution >= 4 is 0 Å². The van der Waals surface area contributed by atoms with Gasteiger partial charge in [-0.05, 0) is 25.2 Å². The van der Waals surface area contributed by atoms with Crippen molar-refractivity contribution < 1.29 is 0 Å². The molecule has 1 saturated carbocycles. The molecule has 1 N–H and O–H groups in total. The number of aromatic nitrogens is 2. The van der Waals surface area contributed by atoms with Crippen molar-refractivity contribution in [3.05, 3.63) is 32.6 Å². The van der Waals surface area contributed by atoms with Crippen LogP contribution in [0.1, 0.15) is 25.3 Å². The zero-order chi connectivity index (χ0) is 10.1. The number of hydrogen-bond donors (Lipinski definition) is 1. The van der Waals surface area contributed by atoms with Crippen LogP contribution in [0.2, 0.25) is 0 Å². The molecule has 0 bridgehead atoms. The van der Waals surface area contributed by atoms with Gasteiger partial charge in [0.2, 0.25) is 0 Å². The van der Waals surface area contributed by atoms with E-state index in [0.29, 0.717) is 17.9 Å². The van der Waals surface area contributed by atoms with Crippen molar-refractivity contribution in [2.75, 3.05) is 0 Å². The van der Waals surface area contributed by atoms with E-state index in [4.69, 9.17) is 0 Å². The second-order valence-corrected chi connectivity index (χ2v) is 3.86. The maximum Gasteiger partial charge on any atom is 0.328 e. The summed E-state index contributed by atoms with van der Waals surface area (Å²) in [7, 11) is 0. The number of H-pyrrole nitrogens is 1. The van der Waals surface area contributed by atoms with Crippen molar-refractivity contribution in [1.82, 2.24) is 9.55 Å². The first-order valence-electron chi connectivity index (χ1n) is 5.03. The van der Waals surface area contributed by atoms with E-state index in [0.717, 1.165) is 6.54 Å². The smallest absolute Gasteiger partial charge is 0.300 e. The number of aromatic amines is 1. The van der Waals surface area contributed by atoms with Crippen LogP contribution < -0.4 is 11.2 Å². The average Bonchev–Trinajstić information content (AvgIpc) is 2.93. The first-order chi connectivity index (χ1) is 6.70. The van der Waals surface area contributed by atoms with Crippen LogP contribution in [-0.4, -0.2) is 9.55 Å². The maximum absolute atomic E-state index is 11.4. The van der Waals surface area contributed by atoms with Crippen LogP contribution in [0.25, 0.3) is 0 Å². The van der Waals surface area contributed by atoms with Crippen molar-refractivity contribution in [1.29, 1.82) is 0 Å². The van der Waals surface area contributed by atoms with Crippen LogP contribution in [0, 0.1) is 5.92 Å². The molecule has 0 aromatic carbocycles. The van der Waals surface area contributed by atoms with Gasteiger partial charge in [-0.15, -0.1) is 0 Å². The molecular weight excluding hydrogens is 180 g/mol. The quantitative estimate of drug-likeness (QED) is 0.762. The highest BCUT2D eigenvalue weighted by Crippen LogP contribution is 2.29. The number of nitrogens with zero attached hydrogens (tertiary/aromatic N) is 1. The third-order valence-corrected chi connectivity index (χ3v) is 2.62. The summed E-state index contributed by atoms with van der Waals surface area (Å²) >= 11 is 0. The zero-order valence-corrected chi connectivity index (χ0v) is 8.25. The highest BCUT2D eigenvalue weighted by atomic mass is 16.2. The molecule has 0 unspecified atom stereocenters. The number of aryl methyl sites for hydroxylation is 1. The molecule has 1 aliphatic carbocycles. The standard InChI is InChI=1S/C10H14N2O2/c1-2-8-6-12(5-7-3-4-7)10(14)11-9(8)13/h6-7H,2-5H2,1H3,(H,11,13,14). The lowest BCUT2D eigenvalue weighted by Crippen LogP contribution is -2.32. The fourth-order valence-electron chi connectivity index (χ4n) is 1.52. The van der Waals surface area contributed by atoms with Gasteiger partial charge in [0.25, 0.3) is 5.56 Å². The fraction of sp³-hybridized carbons (Fsp3) is 0.600. The molecule has 0 spiro atoms. The van der Waals surface area contributed by atoms with Gasteiger partial charge < -0.3 is 4.57 Å². The second-order valence-electron chi connectivity index (χ2n) is 3.86. The molecule has 0 radical (unpaired) electrons. The van der Waals surface area contributed by atoms with Gasteiger partial charge in [-0.25, -0.2) is 4.79 Å². The molecule has 0 atom stereocenters. The Hall–Kier alpha value is -1.32. The predicted molar refractivity (Wildman–Crippen MR) is 53.4 cm³/mol. The summed E-state index contributed by atoms with van der Waals surface area (Å²) in [5.74, 6) is 0.642. The van der Waals surface area contributed by atoms with Gasteiger partial charge in [0.15, 0.2) is 0 Å². The second kappa shape index (κ2) is 3.44. The van der Waals surface area contributed by atoms with Crippen LogP contribution >= 0.6 is 0 Å². The van der Waals surface area contributed by atoms with E-state index < -0.39 is 0 Å². The fourth-order valence-corrected chi connectivity index (χ4v) is 1.52. The number of nitrogens with one attached hydrogen (secondary N) is 1. The summed E-state index contributed by atoms with van der Waals surface area (Å²) < 4.78 is 1.62. The Morgan fingerprint density at radius 2 is 2.21 bits per heavy atom. The van der Waals surface area contributed by atoms with Crippen LogP contribution in [0.15, 0.2) is 15.8 Å². The normalized spacial score (nSPS) is 15.8. The van der Waals surface area contributed by atoms with E-state index in [9.17, 15) is 9.59 Å². The molecule has 2 rings (SSSR count). The Morgan fingerprint density at radius 3 is 2.79 bits per heavy atom. The Kier molecular flexibility index (Phi) is 2.27. The molecule has 1 fully saturated rings. The van der Waals surface area contributed by atoms with E-state index in [2.05, 4.69) is 4.98 Å². The van der Waals surface area contributed by atoms with Crippen molar-refractivity contribution in [2.45, 2.75) is 32.7 Å². The number of rotatable bonds is 3. The molecule has 4 nitrogen and oxygen atoms in total. The molecule has 1 heterocycles. The Bertz CT molecular complexity index is 440. The summed E-state index contributed by atoms with van der Waals surface area (Å²) in [6.45, 7) is 2.67. The average molecular weight is 194 g/mol. The molecular formula is C10H14N2O2. The minimum Gasteiger partial charge on any atom is -0.300 e. The molecule has 4 heteroatoms. The monoisotopic (exact) mass is 194 g/mol. The van der Waals surface area contributed by atoms with Crippen LogP contribution in [0.3, 0.4) is 0 Å². The molecule has 1 aromatic rings. The van der Waals surface area contributed by atoms with Crippen LogP contribution in [0.4, 0.5) is 0 Å².